The third kappa shape index (κ3) is 1.66. The molecule has 76 valence electrons. The van der Waals surface area contributed by atoms with Crippen LogP contribution in [0.4, 0.5) is 0 Å². The number of hydrogen-bond donors (Lipinski definition) is 3. The van der Waals surface area contributed by atoms with Gasteiger partial charge < -0.3 is 10.2 Å². The molecule has 0 saturated heterocycles. The molecule has 2 rings (SSSR count). The number of hydrogen-bond acceptors (Lipinski definition) is 3. The van der Waals surface area contributed by atoms with Gasteiger partial charge in [0.2, 0.25) is 0 Å². The lowest BCUT2D eigenvalue weighted by Gasteiger charge is -2.19. The normalized spacial score (nSPS) is 27.4. The van der Waals surface area contributed by atoms with Gasteiger partial charge in [-0.25, -0.2) is 0 Å². The molecule has 0 aromatic heterocycles. The van der Waals surface area contributed by atoms with E-state index < -0.39 is 12.3 Å². The summed E-state index contributed by atoms with van der Waals surface area (Å²) in [6.45, 7) is 1.66. The standard InChI is InChI=1S/C11H15NO2/c1-7(13)12-11-9-5-3-2-4-8(9)6-10(11)14/h2-5,7,10-14H,6H2,1H3/t7?,10?,11-/m1/s1. The van der Waals surface area contributed by atoms with Gasteiger partial charge in [0.25, 0.3) is 0 Å². The summed E-state index contributed by atoms with van der Waals surface area (Å²) in [6, 6.07) is 7.80. The lowest BCUT2D eigenvalue weighted by atomic mass is 10.1. The second kappa shape index (κ2) is 3.69. The van der Waals surface area contributed by atoms with Crippen molar-refractivity contribution in [2.75, 3.05) is 0 Å². The predicted octanol–water partition coefficient (Wildman–Crippen LogP) is 0.573. The highest BCUT2D eigenvalue weighted by atomic mass is 16.3. The van der Waals surface area contributed by atoms with Crippen molar-refractivity contribution in [3.63, 3.8) is 0 Å². The second-order valence-corrected chi connectivity index (χ2v) is 3.79. The number of fused-ring (bicyclic) bond motifs is 1. The van der Waals surface area contributed by atoms with Crippen molar-refractivity contribution in [1.82, 2.24) is 5.32 Å². The Kier molecular flexibility index (Phi) is 2.54. The van der Waals surface area contributed by atoms with Gasteiger partial charge in [0.15, 0.2) is 0 Å². The highest BCUT2D eigenvalue weighted by Gasteiger charge is 2.30. The molecule has 1 aliphatic carbocycles. The molecule has 1 aliphatic rings. The van der Waals surface area contributed by atoms with Crippen LogP contribution in [0.3, 0.4) is 0 Å². The number of aliphatic hydroxyl groups is 2. The zero-order valence-electron chi connectivity index (χ0n) is 8.14. The Labute approximate surface area is 83.4 Å². The highest BCUT2D eigenvalue weighted by molar-refractivity contribution is 5.36. The van der Waals surface area contributed by atoms with E-state index in [1.165, 1.54) is 0 Å². The van der Waals surface area contributed by atoms with E-state index in [-0.39, 0.29) is 6.04 Å². The molecule has 3 heteroatoms. The quantitative estimate of drug-likeness (QED) is 0.602. The first-order valence-corrected chi connectivity index (χ1v) is 4.88. The first kappa shape index (κ1) is 9.65. The maximum absolute atomic E-state index is 9.79. The van der Waals surface area contributed by atoms with Gasteiger partial charge in [-0.2, -0.15) is 0 Å². The van der Waals surface area contributed by atoms with Crippen LogP contribution in [0.1, 0.15) is 24.1 Å². The molecule has 0 bridgehead atoms. The van der Waals surface area contributed by atoms with Gasteiger partial charge >= 0.3 is 0 Å². The van der Waals surface area contributed by atoms with Crippen LogP contribution in [0.25, 0.3) is 0 Å². The molecule has 1 aromatic carbocycles. The summed E-state index contributed by atoms with van der Waals surface area (Å²) in [5.41, 5.74) is 2.26. The monoisotopic (exact) mass is 193 g/mol. The molecule has 3 atom stereocenters. The van der Waals surface area contributed by atoms with Crippen LogP contribution >= 0.6 is 0 Å². The minimum absolute atomic E-state index is 0.133. The first-order valence-electron chi connectivity index (χ1n) is 4.88. The van der Waals surface area contributed by atoms with Gasteiger partial charge in [-0.3, -0.25) is 5.32 Å². The zero-order chi connectivity index (χ0) is 10.1. The van der Waals surface area contributed by atoms with Crippen LogP contribution in [-0.2, 0) is 6.42 Å². The van der Waals surface area contributed by atoms with Crippen LogP contribution in [0.2, 0.25) is 0 Å². The van der Waals surface area contributed by atoms with Crippen molar-refractivity contribution < 1.29 is 10.2 Å². The van der Waals surface area contributed by atoms with Crippen LogP contribution < -0.4 is 5.32 Å². The zero-order valence-corrected chi connectivity index (χ0v) is 8.14. The molecule has 0 amide bonds. The summed E-state index contributed by atoms with van der Waals surface area (Å²) in [6.07, 6.45) is -0.358. The Bertz CT molecular complexity index is 325. The van der Waals surface area contributed by atoms with Gasteiger partial charge in [0, 0.05) is 6.42 Å². The van der Waals surface area contributed by atoms with Crippen molar-refractivity contribution in [3.8, 4) is 0 Å². The van der Waals surface area contributed by atoms with Crippen LogP contribution in [0.5, 0.6) is 0 Å². The van der Waals surface area contributed by atoms with Gasteiger partial charge in [-0.15, -0.1) is 0 Å². The fraction of sp³-hybridized carbons (Fsp3) is 0.455. The highest BCUT2D eigenvalue weighted by Crippen LogP contribution is 2.31. The van der Waals surface area contributed by atoms with Crippen molar-refractivity contribution >= 4 is 0 Å². The summed E-state index contributed by atoms with van der Waals surface area (Å²) in [7, 11) is 0. The molecule has 3 nitrogen and oxygen atoms in total. The van der Waals surface area contributed by atoms with Crippen molar-refractivity contribution in [3.05, 3.63) is 35.4 Å². The van der Waals surface area contributed by atoms with Gasteiger partial charge in [-0.1, -0.05) is 24.3 Å². The summed E-state index contributed by atoms with van der Waals surface area (Å²) in [5, 5.41) is 22.0. The summed E-state index contributed by atoms with van der Waals surface area (Å²) < 4.78 is 0. The van der Waals surface area contributed by atoms with E-state index in [1.807, 2.05) is 24.3 Å². The van der Waals surface area contributed by atoms with E-state index in [4.69, 9.17) is 0 Å². The fourth-order valence-electron chi connectivity index (χ4n) is 2.03. The fourth-order valence-corrected chi connectivity index (χ4v) is 2.03. The van der Waals surface area contributed by atoms with Gasteiger partial charge in [0.05, 0.1) is 12.1 Å². The SMILES string of the molecule is CC(O)N[C@@H]1c2ccccc2CC1O. The average Bonchev–Trinajstić information content (AvgIpc) is 2.43. The molecule has 1 aromatic rings. The Hall–Kier alpha value is -0.900. The second-order valence-electron chi connectivity index (χ2n) is 3.79. The Morgan fingerprint density at radius 3 is 2.86 bits per heavy atom. The van der Waals surface area contributed by atoms with Crippen molar-refractivity contribution in [2.24, 2.45) is 0 Å². The molecule has 14 heavy (non-hydrogen) atoms. The minimum Gasteiger partial charge on any atom is -0.391 e. The topological polar surface area (TPSA) is 52.5 Å². The molecule has 0 saturated carbocycles. The summed E-state index contributed by atoms with van der Waals surface area (Å²) >= 11 is 0. The van der Waals surface area contributed by atoms with Crippen LogP contribution in [-0.4, -0.2) is 22.5 Å². The lowest BCUT2D eigenvalue weighted by molar-refractivity contribution is 0.0830. The maximum Gasteiger partial charge on any atom is 0.102 e. The Balaban J connectivity index is 2.25. The Morgan fingerprint density at radius 1 is 1.43 bits per heavy atom. The molecule has 0 fully saturated rings. The van der Waals surface area contributed by atoms with Crippen molar-refractivity contribution in [1.29, 1.82) is 0 Å². The molecule has 3 N–H and O–H groups in total. The van der Waals surface area contributed by atoms with Gasteiger partial charge in [-0.05, 0) is 18.1 Å². The van der Waals surface area contributed by atoms with E-state index in [1.54, 1.807) is 6.92 Å². The summed E-state index contributed by atoms with van der Waals surface area (Å²) in [5.74, 6) is 0. The third-order valence-electron chi connectivity index (χ3n) is 2.62. The lowest BCUT2D eigenvalue weighted by Crippen LogP contribution is -2.35. The minimum atomic E-state index is -0.596. The molecular formula is C11H15NO2. The molecule has 0 heterocycles. The van der Waals surface area contributed by atoms with Crippen LogP contribution in [0.15, 0.2) is 24.3 Å². The predicted molar refractivity (Wildman–Crippen MR) is 53.7 cm³/mol. The Morgan fingerprint density at radius 2 is 2.14 bits per heavy atom. The average molecular weight is 193 g/mol. The van der Waals surface area contributed by atoms with Gasteiger partial charge in [0.1, 0.15) is 6.23 Å². The smallest absolute Gasteiger partial charge is 0.102 e. The number of nitrogens with one attached hydrogen (secondary N) is 1. The largest absolute Gasteiger partial charge is 0.391 e. The number of benzene rings is 1. The van der Waals surface area contributed by atoms with E-state index in [9.17, 15) is 10.2 Å². The first-order chi connectivity index (χ1) is 6.68. The molecule has 0 spiro atoms. The van der Waals surface area contributed by atoms with Crippen molar-refractivity contribution in [2.45, 2.75) is 31.7 Å². The third-order valence-corrected chi connectivity index (χ3v) is 2.62. The maximum atomic E-state index is 9.79. The number of aliphatic hydroxyl groups excluding tert-OH is 2. The van der Waals surface area contributed by atoms with E-state index >= 15 is 0 Å². The molecule has 0 radical (unpaired) electrons. The van der Waals surface area contributed by atoms with E-state index in [0.29, 0.717) is 6.42 Å². The van der Waals surface area contributed by atoms with E-state index in [2.05, 4.69) is 5.32 Å². The molecule has 2 unspecified atom stereocenters. The van der Waals surface area contributed by atoms with Crippen LogP contribution in [0, 0.1) is 0 Å². The number of rotatable bonds is 2. The molecule has 0 aliphatic heterocycles. The summed E-state index contributed by atoms with van der Waals surface area (Å²) in [4.78, 5) is 0. The molecular weight excluding hydrogens is 178 g/mol. The van der Waals surface area contributed by atoms with E-state index in [0.717, 1.165) is 11.1 Å².